The standard InChI is InChI=1S/C21H32N4O2/c26-20-14-18(22-19-9-3-1-6-13-25(19)20)17-8-7-10-23(15-17)16-21(27)24-11-4-2-5-12-24/h14,17H,1-13,15-16H2/t17-/m0/s1. The minimum absolute atomic E-state index is 0.110. The zero-order valence-electron chi connectivity index (χ0n) is 16.4. The molecule has 0 spiro atoms. The molecule has 2 saturated heterocycles. The van der Waals surface area contributed by atoms with E-state index in [9.17, 15) is 9.59 Å². The van der Waals surface area contributed by atoms with Crippen molar-refractivity contribution < 1.29 is 4.79 Å². The van der Waals surface area contributed by atoms with E-state index in [4.69, 9.17) is 4.98 Å². The summed E-state index contributed by atoms with van der Waals surface area (Å²) in [5.74, 6) is 1.51. The van der Waals surface area contributed by atoms with Gasteiger partial charge in [-0.15, -0.1) is 0 Å². The number of nitrogens with zero attached hydrogens (tertiary/aromatic N) is 4. The highest BCUT2D eigenvalue weighted by Gasteiger charge is 2.27. The Balaban J connectivity index is 1.43. The molecule has 6 nitrogen and oxygen atoms in total. The normalized spacial score (nSPS) is 24.3. The van der Waals surface area contributed by atoms with Gasteiger partial charge in [0, 0.05) is 44.6 Å². The monoisotopic (exact) mass is 372 g/mol. The van der Waals surface area contributed by atoms with Crippen molar-refractivity contribution in [3.05, 3.63) is 27.9 Å². The van der Waals surface area contributed by atoms with E-state index in [0.29, 0.717) is 6.54 Å². The molecular formula is C21H32N4O2. The highest BCUT2D eigenvalue weighted by atomic mass is 16.2. The molecule has 0 aromatic carbocycles. The Hall–Kier alpha value is -1.69. The summed E-state index contributed by atoms with van der Waals surface area (Å²) in [4.78, 5) is 34.4. The lowest BCUT2D eigenvalue weighted by Crippen LogP contribution is -2.45. The zero-order chi connectivity index (χ0) is 18.6. The van der Waals surface area contributed by atoms with E-state index >= 15 is 0 Å². The number of hydrogen-bond acceptors (Lipinski definition) is 4. The van der Waals surface area contributed by atoms with Gasteiger partial charge in [0.2, 0.25) is 5.91 Å². The first-order valence-electron chi connectivity index (χ1n) is 10.8. The number of fused-ring (bicyclic) bond motifs is 1. The number of amides is 1. The molecule has 2 fully saturated rings. The molecule has 0 bridgehead atoms. The van der Waals surface area contributed by atoms with Crippen LogP contribution < -0.4 is 5.56 Å². The second-order valence-electron chi connectivity index (χ2n) is 8.41. The molecule has 27 heavy (non-hydrogen) atoms. The predicted octanol–water partition coefficient (Wildman–Crippen LogP) is 2.16. The molecule has 0 aliphatic carbocycles. The van der Waals surface area contributed by atoms with E-state index in [1.807, 2.05) is 9.47 Å². The van der Waals surface area contributed by atoms with Crippen molar-refractivity contribution in [2.75, 3.05) is 32.7 Å². The van der Waals surface area contributed by atoms with Gasteiger partial charge in [-0.05, 0) is 51.5 Å². The maximum absolute atomic E-state index is 12.6. The Labute approximate surface area is 161 Å². The van der Waals surface area contributed by atoms with Crippen molar-refractivity contribution >= 4 is 5.91 Å². The fourth-order valence-corrected chi connectivity index (χ4v) is 4.82. The van der Waals surface area contributed by atoms with E-state index in [-0.39, 0.29) is 17.4 Å². The topological polar surface area (TPSA) is 58.4 Å². The van der Waals surface area contributed by atoms with Crippen molar-refractivity contribution in [1.82, 2.24) is 19.4 Å². The first-order valence-corrected chi connectivity index (χ1v) is 10.8. The van der Waals surface area contributed by atoms with Crippen LogP contribution in [0.2, 0.25) is 0 Å². The molecule has 4 heterocycles. The van der Waals surface area contributed by atoms with Gasteiger partial charge >= 0.3 is 0 Å². The number of carbonyl (C=O) groups is 1. The van der Waals surface area contributed by atoms with Gasteiger partial charge in [-0.1, -0.05) is 6.42 Å². The summed E-state index contributed by atoms with van der Waals surface area (Å²) in [6, 6.07) is 1.76. The van der Waals surface area contributed by atoms with E-state index < -0.39 is 0 Å². The lowest BCUT2D eigenvalue weighted by Gasteiger charge is -2.34. The van der Waals surface area contributed by atoms with E-state index in [1.165, 1.54) is 12.8 Å². The lowest BCUT2D eigenvalue weighted by molar-refractivity contribution is -0.133. The highest BCUT2D eigenvalue weighted by Crippen LogP contribution is 2.26. The SMILES string of the molecule is O=C(CN1CCC[C@H](c2cc(=O)n3c(n2)CCCCC3)C1)N1CCCCC1. The van der Waals surface area contributed by atoms with E-state index in [1.54, 1.807) is 6.07 Å². The third kappa shape index (κ3) is 4.42. The van der Waals surface area contributed by atoms with Crippen molar-refractivity contribution in [3.63, 3.8) is 0 Å². The Morgan fingerprint density at radius 3 is 2.63 bits per heavy atom. The number of aryl methyl sites for hydroxylation is 1. The van der Waals surface area contributed by atoms with Gasteiger partial charge in [0.1, 0.15) is 5.82 Å². The molecule has 6 heteroatoms. The summed E-state index contributed by atoms with van der Waals surface area (Å²) in [5, 5.41) is 0. The Morgan fingerprint density at radius 1 is 1.00 bits per heavy atom. The second kappa shape index (κ2) is 8.55. The molecule has 0 N–H and O–H groups in total. The van der Waals surface area contributed by atoms with Crippen LogP contribution in [0.15, 0.2) is 10.9 Å². The molecule has 3 aliphatic heterocycles. The first kappa shape index (κ1) is 18.7. The minimum Gasteiger partial charge on any atom is -0.342 e. The van der Waals surface area contributed by atoms with Crippen LogP contribution >= 0.6 is 0 Å². The van der Waals surface area contributed by atoms with Gasteiger partial charge < -0.3 is 4.90 Å². The van der Waals surface area contributed by atoms with Gasteiger partial charge in [-0.3, -0.25) is 19.1 Å². The lowest BCUT2D eigenvalue weighted by atomic mass is 9.94. The minimum atomic E-state index is 0.110. The quantitative estimate of drug-likeness (QED) is 0.816. The van der Waals surface area contributed by atoms with E-state index in [2.05, 4.69) is 4.90 Å². The largest absolute Gasteiger partial charge is 0.342 e. The first-order chi connectivity index (χ1) is 13.2. The summed E-state index contributed by atoms with van der Waals surface area (Å²) in [6.45, 7) is 4.97. The highest BCUT2D eigenvalue weighted by molar-refractivity contribution is 5.78. The van der Waals surface area contributed by atoms with Gasteiger partial charge in [0.15, 0.2) is 0 Å². The van der Waals surface area contributed by atoms with Crippen LogP contribution in [0.3, 0.4) is 0 Å². The summed E-state index contributed by atoms with van der Waals surface area (Å²) < 4.78 is 1.87. The zero-order valence-corrected chi connectivity index (χ0v) is 16.4. The van der Waals surface area contributed by atoms with Gasteiger partial charge in [0.05, 0.1) is 12.2 Å². The summed E-state index contributed by atoms with van der Waals surface area (Å²) >= 11 is 0. The number of hydrogen-bond donors (Lipinski definition) is 0. The summed E-state index contributed by atoms with van der Waals surface area (Å²) in [6.07, 6.45) is 9.92. The molecular weight excluding hydrogens is 340 g/mol. The molecule has 148 valence electrons. The third-order valence-corrected chi connectivity index (χ3v) is 6.38. The van der Waals surface area contributed by atoms with Crippen molar-refractivity contribution in [3.8, 4) is 0 Å². The Kier molecular flexibility index (Phi) is 5.91. The van der Waals surface area contributed by atoms with Gasteiger partial charge in [-0.2, -0.15) is 0 Å². The average Bonchev–Trinajstić information content (AvgIpc) is 2.95. The van der Waals surface area contributed by atoms with Crippen molar-refractivity contribution in [2.45, 2.75) is 70.3 Å². The van der Waals surface area contributed by atoms with Crippen LogP contribution in [-0.2, 0) is 17.8 Å². The van der Waals surface area contributed by atoms with Crippen LogP contribution in [-0.4, -0.2) is 58.0 Å². The number of likely N-dealkylation sites (tertiary alicyclic amines) is 2. The van der Waals surface area contributed by atoms with Gasteiger partial charge in [-0.25, -0.2) is 4.98 Å². The predicted molar refractivity (Wildman–Crippen MR) is 105 cm³/mol. The van der Waals surface area contributed by atoms with Crippen LogP contribution in [0.1, 0.15) is 68.8 Å². The molecule has 0 saturated carbocycles. The molecule has 0 radical (unpaired) electrons. The average molecular weight is 373 g/mol. The van der Waals surface area contributed by atoms with Crippen LogP contribution in [0, 0.1) is 0 Å². The van der Waals surface area contributed by atoms with Crippen LogP contribution in [0.5, 0.6) is 0 Å². The van der Waals surface area contributed by atoms with Gasteiger partial charge in [0.25, 0.3) is 5.56 Å². The summed E-state index contributed by atoms with van der Waals surface area (Å²) in [5.41, 5.74) is 1.06. The smallest absolute Gasteiger partial charge is 0.253 e. The Bertz CT molecular complexity index is 723. The van der Waals surface area contributed by atoms with Crippen molar-refractivity contribution in [1.29, 1.82) is 0 Å². The van der Waals surface area contributed by atoms with E-state index in [0.717, 1.165) is 89.2 Å². The third-order valence-electron chi connectivity index (χ3n) is 6.38. The number of rotatable bonds is 3. The molecule has 4 rings (SSSR count). The Morgan fingerprint density at radius 2 is 1.78 bits per heavy atom. The molecule has 1 amide bonds. The van der Waals surface area contributed by atoms with Crippen LogP contribution in [0.4, 0.5) is 0 Å². The van der Waals surface area contributed by atoms with Crippen LogP contribution in [0.25, 0.3) is 0 Å². The van der Waals surface area contributed by atoms with Crippen molar-refractivity contribution in [2.24, 2.45) is 0 Å². The number of aromatic nitrogens is 2. The maximum atomic E-state index is 12.6. The molecule has 1 aromatic rings. The number of piperidine rings is 2. The molecule has 3 aliphatic rings. The maximum Gasteiger partial charge on any atom is 0.253 e. The fraction of sp³-hybridized carbons (Fsp3) is 0.762. The summed E-state index contributed by atoms with van der Waals surface area (Å²) in [7, 11) is 0. The fourth-order valence-electron chi connectivity index (χ4n) is 4.82. The molecule has 1 atom stereocenters. The molecule has 1 aromatic heterocycles. The molecule has 0 unspecified atom stereocenters. The number of carbonyl (C=O) groups excluding carboxylic acids is 1. The second-order valence-corrected chi connectivity index (χ2v) is 8.41.